The molecule has 0 unspecified atom stereocenters. The van der Waals surface area contributed by atoms with Gasteiger partial charge in [0.25, 0.3) is 5.69 Å². The van der Waals surface area contributed by atoms with E-state index < -0.39 is 16.7 Å². The normalized spacial score (nSPS) is 11.2. The molecule has 0 aromatic heterocycles. The van der Waals surface area contributed by atoms with Crippen molar-refractivity contribution in [2.45, 2.75) is 6.18 Å². The van der Waals surface area contributed by atoms with Crippen molar-refractivity contribution in [3.8, 4) is 11.5 Å². The number of nitrogens with zero attached hydrogens (tertiary/aromatic N) is 1. The molecule has 2 aromatic carbocycles. The molecule has 0 radical (unpaired) electrons. The number of nitro groups is 1. The average Bonchev–Trinajstić information content (AvgIpc) is 2.40. The lowest BCUT2D eigenvalue weighted by molar-refractivity contribution is -0.384. The van der Waals surface area contributed by atoms with Crippen LogP contribution in [0.15, 0.2) is 42.5 Å². The minimum atomic E-state index is -4.43. The molecule has 0 heterocycles. The summed E-state index contributed by atoms with van der Waals surface area (Å²) in [5.41, 5.74) is -1.15. The zero-order valence-electron chi connectivity index (χ0n) is 10.2. The van der Waals surface area contributed by atoms with E-state index in [2.05, 4.69) is 0 Å². The van der Waals surface area contributed by atoms with Crippen molar-refractivity contribution in [2.75, 3.05) is 0 Å². The van der Waals surface area contributed by atoms with Crippen LogP contribution in [0.3, 0.4) is 0 Å². The van der Waals surface area contributed by atoms with Crippen LogP contribution in [0, 0.1) is 10.1 Å². The van der Waals surface area contributed by atoms with Gasteiger partial charge in [-0.1, -0.05) is 11.6 Å². The molecule has 0 amide bonds. The van der Waals surface area contributed by atoms with Gasteiger partial charge >= 0.3 is 6.18 Å². The first kappa shape index (κ1) is 15.1. The minimum absolute atomic E-state index is 0.0558. The molecule has 4 nitrogen and oxygen atoms in total. The highest BCUT2D eigenvalue weighted by Gasteiger charge is 2.30. The second-order valence-corrected chi connectivity index (χ2v) is 4.40. The lowest BCUT2D eigenvalue weighted by atomic mass is 10.2. The number of hydrogen-bond acceptors (Lipinski definition) is 3. The van der Waals surface area contributed by atoms with Crippen LogP contribution in [0.2, 0.25) is 5.02 Å². The number of rotatable bonds is 3. The molecule has 110 valence electrons. The van der Waals surface area contributed by atoms with Gasteiger partial charge in [-0.25, -0.2) is 0 Å². The SMILES string of the molecule is O=[N+]([O-])c1cc(Oc2ccc(C(F)(F)F)cc2)ccc1Cl. The van der Waals surface area contributed by atoms with E-state index in [9.17, 15) is 23.3 Å². The van der Waals surface area contributed by atoms with Gasteiger partial charge in [0.15, 0.2) is 0 Å². The summed E-state index contributed by atoms with van der Waals surface area (Å²) in [5, 5.41) is 10.7. The van der Waals surface area contributed by atoms with Crippen LogP contribution in [0.1, 0.15) is 5.56 Å². The Bertz CT molecular complexity index is 671. The Labute approximate surface area is 121 Å². The van der Waals surface area contributed by atoms with Crippen molar-refractivity contribution in [2.24, 2.45) is 0 Å². The largest absolute Gasteiger partial charge is 0.457 e. The molecular formula is C13H7ClF3NO3. The van der Waals surface area contributed by atoms with Crippen LogP contribution in [0.25, 0.3) is 0 Å². The third-order valence-corrected chi connectivity index (χ3v) is 2.85. The number of alkyl halides is 3. The second kappa shape index (κ2) is 5.61. The Morgan fingerprint density at radius 3 is 2.14 bits per heavy atom. The van der Waals surface area contributed by atoms with Gasteiger partial charge in [-0.05, 0) is 36.4 Å². The Kier molecular flexibility index (Phi) is 4.04. The Morgan fingerprint density at radius 1 is 1.05 bits per heavy atom. The number of ether oxygens (including phenoxy) is 1. The van der Waals surface area contributed by atoms with Gasteiger partial charge in [-0.15, -0.1) is 0 Å². The number of benzene rings is 2. The minimum Gasteiger partial charge on any atom is -0.457 e. The van der Waals surface area contributed by atoms with E-state index in [1.165, 1.54) is 12.1 Å². The van der Waals surface area contributed by atoms with Gasteiger partial charge in [0.2, 0.25) is 0 Å². The molecular weight excluding hydrogens is 311 g/mol. The zero-order valence-corrected chi connectivity index (χ0v) is 11.0. The average molecular weight is 318 g/mol. The Hall–Kier alpha value is -2.28. The van der Waals surface area contributed by atoms with Gasteiger partial charge in [-0.3, -0.25) is 10.1 Å². The molecule has 0 spiro atoms. The van der Waals surface area contributed by atoms with Crippen molar-refractivity contribution in [3.05, 3.63) is 63.2 Å². The number of hydrogen-bond donors (Lipinski definition) is 0. The highest BCUT2D eigenvalue weighted by Crippen LogP contribution is 2.33. The van der Waals surface area contributed by atoms with E-state index in [-0.39, 0.29) is 22.2 Å². The molecule has 0 atom stereocenters. The van der Waals surface area contributed by atoms with Crippen molar-refractivity contribution in [3.63, 3.8) is 0 Å². The van der Waals surface area contributed by atoms with E-state index >= 15 is 0 Å². The van der Waals surface area contributed by atoms with Gasteiger partial charge in [0.1, 0.15) is 16.5 Å². The molecule has 0 aliphatic carbocycles. The van der Waals surface area contributed by atoms with Gasteiger partial charge < -0.3 is 4.74 Å². The first-order valence-corrected chi connectivity index (χ1v) is 5.94. The van der Waals surface area contributed by atoms with E-state index in [1.807, 2.05) is 0 Å². The fraction of sp³-hybridized carbons (Fsp3) is 0.0769. The summed E-state index contributed by atoms with van der Waals surface area (Å²) in [4.78, 5) is 10.0. The third-order valence-electron chi connectivity index (χ3n) is 2.53. The highest BCUT2D eigenvalue weighted by atomic mass is 35.5. The maximum atomic E-state index is 12.4. The smallest absolute Gasteiger partial charge is 0.416 e. The van der Waals surface area contributed by atoms with Crippen molar-refractivity contribution in [1.82, 2.24) is 0 Å². The molecule has 0 saturated carbocycles. The molecule has 0 bridgehead atoms. The summed E-state index contributed by atoms with van der Waals surface area (Å²) < 4.78 is 42.5. The van der Waals surface area contributed by atoms with Crippen LogP contribution >= 0.6 is 11.6 Å². The van der Waals surface area contributed by atoms with Gasteiger partial charge in [0.05, 0.1) is 16.6 Å². The van der Waals surface area contributed by atoms with Crippen LogP contribution < -0.4 is 4.74 Å². The van der Waals surface area contributed by atoms with E-state index in [1.54, 1.807) is 0 Å². The maximum Gasteiger partial charge on any atom is 0.416 e. The quantitative estimate of drug-likeness (QED) is 0.587. The number of nitro benzene ring substituents is 1. The summed E-state index contributed by atoms with van der Waals surface area (Å²) in [6.07, 6.45) is -4.43. The van der Waals surface area contributed by atoms with Crippen LogP contribution in [-0.4, -0.2) is 4.92 Å². The van der Waals surface area contributed by atoms with Crippen molar-refractivity contribution < 1.29 is 22.8 Å². The third kappa shape index (κ3) is 3.63. The Balaban J connectivity index is 2.22. The molecule has 0 aliphatic rings. The molecule has 0 N–H and O–H groups in total. The molecule has 2 aromatic rings. The highest BCUT2D eigenvalue weighted by molar-refractivity contribution is 6.32. The van der Waals surface area contributed by atoms with Crippen LogP contribution in [0.5, 0.6) is 11.5 Å². The van der Waals surface area contributed by atoms with Gasteiger partial charge in [0, 0.05) is 0 Å². The first-order valence-electron chi connectivity index (χ1n) is 5.56. The van der Waals surface area contributed by atoms with Crippen molar-refractivity contribution >= 4 is 17.3 Å². The fourth-order valence-electron chi connectivity index (χ4n) is 1.54. The Morgan fingerprint density at radius 2 is 1.62 bits per heavy atom. The topological polar surface area (TPSA) is 52.4 Å². The molecule has 0 saturated heterocycles. The van der Waals surface area contributed by atoms with E-state index in [0.717, 1.165) is 30.3 Å². The standard InChI is InChI=1S/C13H7ClF3NO3/c14-11-6-5-10(7-12(11)18(19)20)21-9-3-1-8(2-4-9)13(15,16)17/h1-7H. The summed E-state index contributed by atoms with van der Waals surface area (Å²) in [7, 11) is 0. The molecule has 0 fully saturated rings. The van der Waals surface area contributed by atoms with Crippen LogP contribution in [0.4, 0.5) is 18.9 Å². The predicted octanol–water partition coefficient (Wildman–Crippen LogP) is 5.06. The van der Waals surface area contributed by atoms with E-state index in [0.29, 0.717) is 0 Å². The predicted molar refractivity (Wildman–Crippen MR) is 69.6 cm³/mol. The lowest BCUT2D eigenvalue weighted by Gasteiger charge is -2.09. The first-order chi connectivity index (χ1) is 9.77. The molecule has 2 rings (SSSR count). The molecule has 21 heavy (non-hydrogen) atoms. The molecule has 0 aliphatic heterocycles. The monoisotopic (exact) mass is 317 g/mol. The zero-order chi connectivity index (χ0) is 15.6. The summed E-state index contributed by atoms with van der Waals surface area (Å²) in [6, 6.07) is 7.73. The lowest BCUT2D eigenvalue weighted by Crippen LogP contribution is -2.04. The van der Waals surface area contributed by atoms with Gasteiger partial charge in [-0.2, -0.15) is 13.2 Å². The summed E-state index contributed by atoms with van der Waals surface area (Å²) >= 11 is 5.64. The van der Waals surface area contributed by atoms with E-state index in [4.69, 9.17) is 16.3 Å². The number of halogens is 4. The molecule has 8 heteroatoms. The van der Waals surface area contributed by atoms with Crippen molar-refractivity contribution in [1.29, 1.82) is 0 Å². The summed E-state index contributed by atoms with van der Waals surface area (Å²) in [5.74, 6) is 0.227. The maximum absolute atomic E-state index is 12.4. The summed E-state index contributed by atoms with van der Waals surface area (Å²) in [6.45, 7) is 0. The fourth-order valence-corrected chi connectivity index (χ4v) is 1.73. The second-order valence-electron chi connectivity index (χ2n) is 3.99. The van der Waals surface area contributed by atoms with Crippen LogP contribution in [-0.2, 0) is 6.18 Å².